The van der Waals surface area contributed by atoms with E-state index in [0.717, 1.165) is 54.3 Å². The third-order valence-electron chi connectivity index (χ3n) is 4.97. The van der Waals surface area contributed by atoms with Crippen molar-refractivity contribution in [1.29, 1.82) is 0 Å². The van der Waals surface area contributed by atoms with E-state index in [-0.39, 0.29) is 6.10 Å². The molecule has 0 amide bonds. The largest absolute Gasteiger partial charge is 0.490 e. The molecule has 0 unspecified atom stereocenters. The normalized spacial score (nSPS) is 15.7. The quantitative estimate of drug-likeness (QED) is 0.681. The summed E-state index contributed by atoms with van der Waals surface area (Å²) in [6.07, 6.45) is 3.02. The molecule has 0 radical (unpaired) electrons. The van der Waals surface area contributed by atoms with Crippen LogP contribution in [-0.2, 0) is 6.42 Å². The average molecular weight is 363 g/mol. The van der Waals surface area contributed by atoms with Crippen LogP contribution in [0.25, 0.3) is 11.4 Å². The fraction of sp³-hybridized carbons (Fsp3) is 0.333. The van der Waals surface area contributed by atoms with Gasteiger partial charge in [-0.2, -0.15) is 5.10 Å². The number of para-hydroxylation sites is 1. The van der Waals surface area contributed by atoms with Crippen molar-refractivity contribution in [2.45, 2.75) is 25.4 Å². The van der Waals surface area contributed by atoms with E-state index in [2.05, 4.69) is 27.1 Å². The van der Waals surface area contributed by atoms with Gasteiger partial charge in [-0.3, -0.25) is 5.10 Å². The number of rotatable bonds is 5. The predicted molar refractivity (Wildman–Crippen MR) is 107 cm³/mol. The number of hydrogen-bond donors (Lipinski definition) is 2. The molecule has 1 aliphatic rings. The number of nitrogens with zero attached hydrogens (tertiary/aromatic N) is 3. The zero-order valence-corrected chi connectivity index (χ0v) is 15.6. The molecule has 0 aliphatic carbocycles. The first-order chi connectivity index (χ1) is 13.2. The highest BCUT2D eigenvalue weighted by atomic mass is 16.5. The minimum atomic E-state index is 0.246. The average Bonchev–Trinajstić information content (AvgIpc) is 3.14. The van der Waals surface area contributed by atoms with Gasteiger partial charge in [0.2, 0.25) is 0 Å². The summed E-state index contributed by atoms with van der Waals surface area (Å²) in [5.41, 5.74) is 8.58. The van der Waals surface area contributed by atoms with Crippen LogP contribution in [0.5, 0.6) is 5.75 Å². The number of piperidine rings is 1. The first kappa shape index (κ1) is 17.5. The first-order valence-electron chi connectivity index (χ1n) is 9.37. The molecule has 6 heteroatoms. The van der Waals surface area contributed by atoms with Crippen molar-refractivity contribution in [2.24, 2.45) is 0 Å². The molecular weight excluding hydrogens is 338 g/mol. The number of nitrogens with one attached hydrogen (secondary N) is 1. The van der Waals surface area contributed by atoms with Gasteiger partial charge in [0.05, 0.1) is 5.56 Å². The highest BCUT2D eigenvalue weighted by molar-refractivity contribution is 5.63. The van der Waals surface area contributed by atoms with Crippen LogP contribution < -0.4 is 10.5 Å². The van der Waals surface area contributed by atoms with Gasteiger partial charge in [-0.1, -0.05) is 24.3 Å². The van der Waals surface area contributed by atoms with Crippen molar-refractivity contribution in [3.63, 3.8) is 0 Å². The maximum absolute atomic E-state index is 6.30. The summed E-state index contributed by atoms with van der Waals surface area (Å²) in [6.45, 7) is 2.14. The van der Waals surface area contributed by atoms with Crippen LogP contribution >= 0.6 is 0 Å². The summed E-state index contributed by atoms with van der Waals surface area (Å²) in [4.78, 5) is 7.02. The van der Waals surface area contributed by atoms with Crippen molar-refractivity contribution in [2.75, 3.05) is 25.9 Å². The molecule has 3 aromatic rings. The highest BCUT2D eigenvalue weighted by Crippen LogP contribution is 2.29. The Labute approximate surface area is 159 Å². The van der Waals surface area contributed by atoms with Crippen LogP contribution in [0.15, 0.2) is 48.5 Å². The van der Waals surface area contributed by atoms with Crippen LogP contribution in [0, 0.1) is 0 Å². The zero-order chi connectivity index (χ0) is 18.6. The van der Waals surface area contributed by atoms with E-state index in [4.69, 9.17) is 10.5 Å². The van der Waals surface area contributed by atoms with E-state index in [1.165, 1.54) is 0 Å². The lowest BCUT2D eigenvalue weighted by Crippen LogP contribution is -2.35. The number of aromatic amines is 1. The number of anilines is 1. The lowest BCUT2D eigenvalue weighted by Gasteiger charge is -2.29. The second-order valence-electron chi connectivity index (χ2n) is 7.14. The molecule has 2 aromatic carbocycles. The summed E-state index contributed by atoms with van der Waals surface area (Å²) in [5.74, 6) is 2.35. The number of aromatic nitrogens is 3. The molecule has 1 saturated heterocycles. The van der Waals surface area contributed by atoms with Gasteiger partial charge in [0.15, 0.2) is 5.82 Å². The van der Waals surface area contributed by atoms with Crippen molar-refractivity contribution in [3.8, 4) is 17.1 Å². The molecule has 140 valence electrons. The number of benzene rings is 2. The summed E-state index contributed by atoms with van der Waals surface area (Å²) < 4.78 is 6.30. The van der Waals surface area contributed by atoms with E-state index >= 15 is 0 Å². The molecule has 4 rings (SSSR count). The molecule has 0 spiro atoms. The van der Waals surface area contributed by atoms with E-state index in [1.54, 1.807) is 0 Å². The SMILES string of the molecule is CN1CCC(Oc2ccccc2-c2n[nH]c(Cc3ccc(N)cc3)n2)CC1. The molecule has 1 fully saturated rings. The fourth-order valence-electron chi connectivity index (χ4n) is 3.36. The van der Waals surface area contributed by atoms with E-state index < -0.39 is 0 Å². The molecule has 3 N–H and O–H groups in total. The lowest BCUT2D eigenvalue weighted by atomic mass is 10.1. The number of ether oxygens (including phenoxy) is 1. The molecule has 1 aromatic heterocycles. The molecule has 2 heterocycles. The van der Waals surface area contributed by atoms with E-state index in [0.29, 0.717) is 12.2 Å². The molecule has 6 nitrogen and oxygen atoms in total. The van der Waals surface area contributed by atoms with Crippen molar-refractivity contribution < 1.29 is 4.74 Å². The predicted octanol–water partition coefficient (Wildman–Crippen LogP) is 3.12. The van der Waals surface area contributed by atoms with Gasteiger partial charge < -0.3 is 15.4 Å². The monoisotopic (exact) mass is 363 g/mol. The smallest absolute Gasteiger partial charge is 0.184 e. The Bertz CT molecular complexity index is 882. The number of likely N-dealkylation sites (tertiary alicyclic amines) is 1. The minimum Gasteiger partial charge on any atom is -0.490 e. The van der Waals surface area contributed by atoms with Crippen LogP contribution in [0.1, 0.15) is 24.2 Å². The van der Waals surface area contributed by atoms with Crippen molar-refractivity contribution >= 4 is 5.69 Å². The Kier molecular flexibility index (Phi) is 5.07. The Morgan fingerprint density at radius 2 is 1.85 bits per heavy atom. The van der Waals surface area contributed by atoms with Crippen LogP contribution in [0.4, 0.5) is 5.69 Å². The van der Waals surface area contributed by atoms with Crippen LogP contribution in [0.3, 0.4) is 0 Å². The molecule has 0 bridgehead atoms. The standard InChI is InChI=1S/C21H25N5O/c1-26-12-10-17(11-13-26)27-19-5-3-2-4-18(19)21-23-20(24-25-21)14-15-6-8-16(22)9-7-15/h2-9,17H,10-14,22H2,1H3,(H,23,24,25). The first-order valence-corrected chi connectivity index (χ1v) is 9.37. The lowest BCUT2D eigenvalue weighted by molar-refractivity contribution is 0.115. The van der Waals surface area contributed by atoms with Gasteiger partial charge in [-0.15, -0.1) is 0 Å². The van der Waals surface area contributed by atoms with E-state index in [9.17, 15) is 0 Å². The summed E-state index contributed by atoms with van der Waals surface area (Å²) >= 11 is 0. The van der Waals surface area contributed by atoms with Gasteiger partial charge in [0.25, 0.3) is 0 Å². The highest BCUT2D eigenvalue weighted by Gasteiger charge is 2.20. The van der Waals surface area contributed by atoms with Crippen molar-refractivity contribution in [3.05, 3.63) is 59.9 Å². The summed E-state index contributed by atoms with van der Waals surface area (Å²) in [7, 11) is 2.15. The Morgan fingerprint density at radius 1 is 1.11 bits per heavy atom. The van der Waals surface area contributed by atoms with Crippen LogP contribution in [0.2, 0.25) is 0 Å². The van der Waals surface area contributed by atoms with E-state index in [1.807, 2.05) is 48.5 Å². The molecule has 27 heavy (non-hydrogen) atoms. The molecule has 0 atom stereocenters. The maximum atomic E-state index is 6.30. The number of nitrogens with two attached hydrogens (primary N) is 1. The Balaban J connectivity index is 1.50. The topological polar surface area (TPSA) is 80.1 Å². The summed E-state index contributed by atoms with van der Waals surface area (Å²) in [5, 5.41) is 7.47. The third-order valence-corrected chi connectivity index (χ3v) is 4.97. The van der Waals surface area contributed by atoms with Gasteiger partial charge in [0.1, 0.15) is 17.7 Å². The maximum Gasteiger partial charge on any atom is 0.184 e. The second-order valence-corrected chi connectivity index (χ2v) is 7.14. The molecular formula is C21H25N5O. The van der Waals surface area contributed by atoms with Crippen molar-refractivity contribution in [1.82, 2.24) is 20.1 Å². The van der Waals surface area contributed by atoms with Gasteiger partial charge in [-0.05, 0) is 49.7 Å². The summed E-state index contributed by atoms with van der Waals surface area (Å²) in [6, 6.07) is 15.8. The second kappa shape index (κ2) is 7.80. The van der Waals surface area contributed by atoms with Gasteiger partial charge in [0, 0.05) is 25.2 Å². The Hall–Kier alpha value is -2.86. The zero-order valence-electron chi connectivity index (χ0n) is 15.6. The van der Waals surface area contributed by atoms with Gasteiger partial charge >= 0.3 is 0 Å². The molecule has 1 aliphatic heterocycles. The number of H-pyrrole nitrogens is 1. The van der Waals surface area contributed by atoms with Crippen LogP contribution in [-0.4, -0.2) is 46.3 Å². The number of hydrogen-bond acceptors (Lipinski definition) is 5. The third kappa shape index (κ3) is 4.28. The van der Waals surface area contributed by atoms with Gasteiger partial charge in [-0.25, -0.2) is 4.98 Å². The fourth-order valence-corrected chi connectivity index (χ4v) is 3.36. The Morgan fingerprint density at radius 3 is 2.63 bits per heavy atom. The molecule has 0 saturated carbocycles. The number of nitrogen functional groups attached to an aromatic ring is 1. The minimum absolute atomic E-state index is 0.246.